The first-order valence-electron chi connectivity index (χ1n) is 0.913. The van der Waals surface area contributed by atoms with Gasteiger partial charge in [0.2, 0.25) is 0 Å². The summed E-state index contributed by atoms with van der Waals surface area (Å²) in [7, 11) is 0. The summed E-state index contributed by atoms with van der Waals surface area (Å²) in [5.74, 6) is 0. The number of hydrogen-bond acceptors (Lipinski definition) is 5. The van der Waals surface area contributed by atoms with Crippen molar-refractivity contribution in [3.8, 4) is 0 Å². The van der Waals surface area contributed by atoms with Gasteiger partial charge < -0.3 is 0 Å². The Labute approximate surface area is 33.3 Å². The molecule has 0 saturated carbocycles. The summed E-state index contributed by atoms with van der Waals surface area (Å²) >= 11 is -7.74. The van der Waals surface area contributed by atoms with Crippen LogP contribution in [0.2, 0.25) is 0 Å². The zero-order chi connectivity index (χ0) is 5.45. The van der Waals surface area contributed by atoms with Crippen LogP contribution >= 0.6 is 0 Å². The monoisotopic (exact) mass is 132 g/mol. The van der Waals surface area contributed by atoms with Crippen LogP contribution in [0, 0.1) is 0 Å². The Morgan fingerprint density at radius 3 is 0.833 bits per heavy atom. The normalized spacial score (nSPS) is 10.0. The first-order chi connectivity index (χ1) is 2.24. The van der Waals surface area contributed by atoms with Crippen LogP contribution in [0.1, 0.15) is 1.43 Å². The maximum absolute atomic E-state index is 8.64. The van der Waals surface area contributed by atoms with Crippen molar-refractivity contribution >= 4 is 0 Å². The van der Waals surface area contributed by atoms with Crippen LogP contribution in [-0.4, -0.2) is 0 Å². The quantitative estimate of drug-likeness (QED) is 0.444. The minimum atomic E-state index is -7.74. The standard InChI is InChI=1S/5O.V/p+1. The van der Waals surface area contributed by atoms with Gasteiger partial charge in [0.25, 0.3) is 0 Å². The average Bonchev–Trinajstić information content (AvgIpc) is 0.650. The van der Waals surface area contributed by atoms with Crippen molar-refractivity contribution in [1.29, 1.82) is 0 Å². The van der Waals surface area contributed by atoms with E-state index in [9.17, 15) is 0 Å². The average molecular weight is 132 g/mol. The third-order valence-corrected chi connectivity index (χ3v) is 0. The van der Waals surface area contributed by atoms with Gasteiger partial charge in [-0.25, -0.2) is 0 Å². The third-order valence-electron chi connectivity index (χ3n) is 0. The first-order valence-corrected chi connectivity index (χ1v) is 3.76. The van der Waals surface area contributed by atoms with E-state index in [0.717, 1.165) is 0 Å². The van der Waals surface area contributed by atoms with E-state index < -0.39 is 12.6 Å². The molecule has 0 fully saturated rings. The molecule has 0 heterocycles. The molecule has 0 aliphatic heterocycles. The van der Waals surface area contributed by atoms with Gasteiger partial charge in [-0.2, -0.15) is 0 Å². The molecule has 0 aromatic rings. The Hall–Kier alpha value is -0.416. The molecular formula is HO5V+. The molecule has 0 N–H and O–H groups in total. The van der Waals surface area contributed by atoms with Gasteiger partial charge in [0.1, 0.15) is 0 Å². The Balaban J connectivity index is 0. The van der Waals surface area contributed by atoms with Crippen molar-refractivity contribution in [2.45, 2.75) is 0 Å². The summed E-state index contributed by atoms with van der Waals surface area (Å²) in [4.78, 5) is 0. The van der Waals surface area contributed by atoms with Crippen molar-refractivity contribution in [3.63, 3.8) is 0 Å². The molecule has 0 aliphatic carbocycles. The molecule has 0 spiro atoms. The molecule has 35 valence electrons. The van der Waals surface area contributed by atoms with Gasteiger partial charge in [-0.1, -0.05) is 0 Å². The van der Waals surface area contributed by atoms with E-state index in [2.05, 4.69) is 0 Å². The molecule has 0 aliphatic rings. The molecule has 0 saturated heterocycles. The third kappa shape index (κ3) is 139. The van der Waals surface area contributed by atoms with Crippen LogP contribution in [0.4, 0.5) is 0 Å². The maximum atomic E-state index is 8.64. The first kappa shape index (κ1) is 5.58. The van der Waals surface area contributed by atoms with Crippen LogP contribution in [0.5, 0.6) is 0 Å². The van der Waals surface area contributed by atoms with Gasteiger partial charge >= 0.3 is 32.4 Å². The van der Waals surface area contributed by atoms with E-state index >= 15 is 0 Å². The molecule has 6 heavy (non-hydrogen) atoms. The molecule has 0 unspecified atom stereocenters. The van der Waals surface area contributed by atoms with Crippen molar-refractivity contribution in [2.75, 3.05) is 0 Å². The van der Waals surface area contributed by atoms with Crippen LogP contribution in [0.15, 0.2) is 0 Å². The summed E-state index contributed by atoms with van der Waals surface area (Å²) in [6.45, 7) is 0. The fourth-order valence-electron chi connectivity index (χ4n) is 0. The van der Waals surface area contributed by atoms with Gasteiger partial charge in [0.15, 0.2) is 0 Å². The van der Waals surface area contributed by atoms with Gasteiger partial charge in [-0.15, -0.1) is 0 Å². The van der Waals surface area contributed by atoms with Crippen molar-refractivity contribution < 1.29 is 32.4 Å². The second kappa shape index (κ2) is 0.641. The number of rotatable bonds is 0. The van der Waals surface area contributed by atoms with Gasteiger partial charge in [0.05, 0.1) is 0 Å². The van der Waals surface area contributed by atoms with E-state index in [1.165, 1.54) is 0 Å². The van der Waals surface area contributed by atoms with E-state index in [0.29, 0.717) is 0 Å². The van der Waals surface area contributed by atoms with Gasteiger partial charge in [0, 0.05) is 0 Å². The molecule has 0 aromatic carbocycles. The van der Waals surface area contributed by atoms with Crippen molar-refractivity contribution in [2.24, 2.45) is 0 Å². The molecular weight excluding hydrogens is 131 g/mol. The Morgan fingerprint density at radius 2 is 0.833 bits per heavy atom. The van der Waals surface area contributed by atoms with E-state index in [-0.39, 0.29) is 1.43 Å². The second-order valence-electron chi connectivity index (χ2n) is 0.745. The molecule has 6 heteroatoms. The summed E-state index contributed by atoms with van der Waals surface area (Å²) in [6, 6.07) is 0. The van der Waals surface area contributed by atoms with Gasteiger partial charge in [-0.05, 0) is 0 Å². The van der Waals surface area contributed by atoms with Crippen molar-refractivity contribution in [1.82, 2.24) is 0 Å². The summed E-state index contributed by atoms with van der Waals surface area (Å²) in [6.07, 6.45) is 0. The Morgan fingerprint density at radius 1 is 0.833 bits per heavy atom. The fraction of sp³-hybridized carbons (Fsp3) is 0. The second-order valence-corrected chi connectivity index (χ2v) is 3.07. The zero-order valence-electron chi connectivity index (χ0n) is 3.49. The molecule has 0 bridgehead atoms. The predicted molar refractivity (Wildman–Crippen MR) is 4.54 cm³/mol. The molecule has 5 nitrogen and oxygen atoms in total. The van der Waals surface area contributed by atoms with Crippen molar-refractivity contribution in [3.05, 3.63) is 0 Å². The van der Waals surface area contributed by atoms with Crippen LogP contribution in [0.25, 0.3) is 0 Å². The van der Waals surface area contributed by atoms with E-state index in [1.54, 1.807) is 0 Å². The SMILES string of the molecule is [H+].[O]=[V](=[O])(=[O])(=[O])=[O]. The molecule has 0 rings (SSSR count). The fourth-order valence-corrected chi connectivity index (χ4v) is 0. The summed E-state index contributed by atoms with van der Waals surface area (Å²) in [5, 5.41) is 0. The molecule has 0 aromatic heterocycles. The number of hydrogen-bond donors (Lipinski definition) is 0. The van der Waals surface area contributed by atoms with Crippen LogP contribution in [-0.2, 0) is 31.0 Å². The molecule has 0 radical (unpaired) electrons. The van der Waals surface area contributed by atoms with Gasteiger partial charge in [-0.3, -0.25) is 0 Å². The zero-order valence-corrected chi connectivity index (χ0v) is 3.89. The Kier molecular flexibility index (Phi) is 0.597. The topological polar surface area (TPSA) is 85.3 Å². The Bertz CT molecular complexity index is 278. The molecule has 0 atom stereocenters. The van der Waals surface area contributed by atoms with E-state index in [1.807, 2.05) is 0 Å². The van der Waals surface area contributed by atoms with E-state index in [4.69, 9.17) is 18.4 Å². The van der Waals surface area contributed by atoms with Crippen LogP contribution in [0.3, 0.4) is 0 Å². The van der Waals surface area contributed by atoms with Crippen LogP contribution < -0.4 is 0 Å². The summed E-state index contributed by atoms with van der Waals surface area (Å²) in [5.41, 5.74) is 0. The molecule has 0 amide bonds. The minimum absolute atomic E-state index is 0. The predicted octanol–water partition coefficient (Wildman–Crippen LogP) is -0.484. The summed E-state index contributed by atoms with van der Waals surface area (Å²) < 4.78 is 43.2.